The molecule has 0 bridgehead atoms. The lowest BCUT2D eigenvalue weighted by Gasteiger charge is -2.20. The molecule has 2 amide bonds. The molecule has 2 heterocycles. The van der Waals surface area contributed by atoms with Crippen molar-refractivity contribution in [3.8, 4) is 11.5 Å². The van der Waals surface area contributed by atoms with Gasteiger partial charge in [-0.1, -0.05) is 12.1 Å². The Kier molecular flexibility index (Phi) is 4.40. The molecule has 3 rings (SSSR count). The summed E-state index contributed by atoms with van der Waals surface area (Å²) in [4.78, 5) is 23.2. The largest absolute Gasteiger partial charge is 0.481 e. The van der Waals surface area contributed by atoms with E-state index in [2.05, 4.69) is 5.32 Å². The Bertz CT molecular complexity index is 877. The number of thiophene rings is 1. The molecule has 1 aliphatic heterocycles. The minimum Gasteiger partial charge on any atom is -0.481 e. The van der Waals surface area contributed by atoms with Gasteiger partial charge in [0, 0.05) is 0 Å². The molecule has 0 fully saturated rings. The molecule has 1 aromatic carbocycles. The first-order valence-corrected chi connectivity index (χ1v) is 9.09. The van der Waals surface area contributed by atoms with Crippen LogP contribution in [0.1, 0.15) is 0 Å². The van der Waals surface area contributed by atoms with E-state index in [0.29, 0.717) is 11.4 Å². The molecule has 2 aromatic rings. The van der Waals surface area contributed by atoms with Gasteiger partial charge in [-0.05, 0) is 23.6 Å². The van der Waals surface area contributed by atoms with Crippen LogP contribution in [0.4, 0.5) is 5.69 Å². The molecule has 0 unspecified atom stereocenters. The Morgan fingerprint density at radius 1 is 1.33 bits per heavy atom. The van der Waals surface area contributed by atoms with Gasteiger partial charge in [-0.15, -0.1) is 11.3 Å². The number of ether oxygens (including phenoxy) is 2. The first kappa shape index (κ1) is 16.3. The van der Waals surface area contributed by atoms with E-state index in [1.165, 1.54) is 12.1 Å². The first-order chi connectivity index (χ1) is 11.5. The molecular weight excluding hydrogens is 356 g/mol. The highest BCUT2D eigenvalue weighted by molar-refractivity contribution is 7.92. The number of sulfonamides is 1. The summed E-state index contributed by atoms with van der Waals surface area (Å²) < 4.78 is 36.4. The molecule has 126 valence electrons. The molecule has 2 N–H and O–H groups in total. The maximum absolute atomic E-state index is 11.9. The van der Waals surface area contributed by atoms with Crippen LogP contribution < -0.4 is 19.5 Å². The second-order valence-corrected chi connectivity index (χ2v) is 7.57. The van der Waals surface area contributed by atoms with Gasteiger partial charge >= 0.3 is 0 Å². The van der Waals surface area contributed by atoms with Gasteiger partial charge in [0.15, 0.2) is 13.2 Å². The zero-order valence-electron chi connectivity index (χ0n) is 12.1. The predicted molar refractivity (Wildman–Crippen MR) is 85.7 cm³/mol. The van der Waals surface area contributed by atoms with Crippen LogP contribution in [0.5, 0.6) is 11.5 Å². The van der Waals surface area contributed by atoms with Crippen LogP contribution in [-0.2, 0) is 19.6 Å². The lowest BCUT2D eigenvalue weighted by atomic mass is 10.2. The molecule has 0 saturated carbocycles. The highest BCUT2D eigenvalue weighted by Gasteiger charge is 2.22. The maximum atomic E-state index is 11.9. The van der Waals surface area contributed by atoms with E-state index in [9.17, 15) is 18.0 Å². The van der Waals surface area contributed by atoms with Crippen molar-refractivity contribution < 1.29 is 27.5 Å². The Morgan fingerprint density at radius 3 is 2.92 bits per heavy atom. The summed E-state index contributed by atoms with van der Waals surface area (Å²) in [5.74, 6) is -0.546. The highest BCUT2D eigenvalue weighted by atomic mass is 32.2. The van der Waals surface area contributed by atoms with Crippen LogP contribution in [-0.4, -0.2) is 33.4 Å². The molecule has 10 heteroatoms. The third-order valence-corrected chi connectivity index (χ3v) is 5.75. The molecule has 0 spiro atoms. The maximum Gasteiger partial charge on any atom is 0.273 e. The monoisotopic (exact) mass is 368 g/mol. The summed E-state index contributed by atoms with van der Waals surface area (Å²) in [6, 6.07) is 7.77. The van der Waals surface area contributed by atoms with Gasteiger partial charge in [-0.25, -0.2) is 13.1 Å². The Balaban J connectivity index is 1.66. The van der Waals surface area contributed by atoms with Crippen molar-refractivity contribution in [2.45, 2.75) is 4.21 Å². The number of hydrogen-bond acceptors (Lipinski definition) is 7. The quantitative estimate of drug-likeness (QED) is 0.813. The average molecular weight is 368 g/mol. The van der Waals surface area contributed by atoms with E-state index in [1.807, 2.05) is 4.72 Å². The van der Waals surface area contributed by atoms with E-state index in [0.717, 1.165) is 11.3 Å². The number of rotatable bonds is 5. The number of para-hydroxylation sites is 1. The van der Waals surface area contributed by atoms with Crippen LogP contribution in [0.3, 0.4) is 0 Å². The van der Waals surface area contributed by atoms with Crippen molar-refractivity contribution in [3.63, 3.8) is 0 Å². The molecule has 24 heavy (non-hydrogen) atoms. The second kappa shape index (κ2) is 6.49. The zero-order chi connectivity index (χ0) is 17.2. The van der Waals surface area contributed by atoms with Crippen molar-refractivity contribution in [2.24, 2.45) is 0 Å². The fourth-order valence-electron chi connectivity index (χ4n) is 1.98. The van der Waals surface area contributed by atoms with Crippen LogP contribution in [0, 0.1) is 0 Å². The highest BCUT2D eigenvalue weighted by Crippen LogP contribution is 2.36. The summed E-state index contributed by atoms with van der Waals surface area (Å²) in [7, 11) is -3.90. The number of fused-ring (bicyclic) bond motifs is 1. The SMILES string of the molecule is O=C1COc2cccc(OCC(=O)NS(=O)(=O)c3cccs3)c2N1. The van der Waals surface area contributed by atoms with E-state index in [1.54, 1.807) is 23.6 Å². The summed E-state index contributed by atoms with van der Waals surface area (Å²) >= 11 is 0.998. The van der Waals surface area contributed by atoms with Gasteiger partial charge in [-0.3, -0.25) is 9.59 Å². The molecule has 0 saturated heterocycles. The number of nitrogens with one attached hydrogen (secondary N) is 2. The van der Waals surface area contributed by atoms with Gasteiger partial charge in [0.2, 0.25) is 0 Å². The van der Waals surface area contributed by atoms with E-state index >= 15 is 0 Å². The Hall–Kier alpha value is -2.59. The fraction of sp³-hybridized carbons (Fsp3) is 0.143. The van der Waals surface area contributed by atoms with E-state index < -0.39 is 22.5 Å². The van der Waals surface area contributed by atoms with Gasteiger partial charge < -0.3 is 14.8 Å². The lowest BCUT2D eigenvalue weighted by Crippen LogP contribution is -2.34. The topological polar surface area (TPSA) is 111 Å². The normalized spacial score (nSPS) is 13.4. The molecule has 0 radical (unpaired) electrons. The van der Waals surface area contributed by atoms with E-state index in [4.69, 9.17) is 9.47 Å². The lowest BCUT2D eigenvalue weighted by molar-refractivity contribution is -0.121. The van der Waals surface area contributed by atoms with Gasteiger partial charge in [0.1, 0.15) is 21.4 Å². The molecule has 0 aliphatic carbocycles. The standard InChI is InChI=1S/C14H12N2O6S2/c17-11-7-21-9-3-1-4-10(14(9)15-11)22-8-12(18)16-24(19,20)13-5-2-6-23-13/h1-6H,7-8H2,(H,15,17)(H,16,18). The van der Waals surface area contributed by atoms with Crippen LogP contribution in [0.25, 0.3) is 0 Å². The molecule has 1 aliphatic rings. The van der Waals surface area contributed by atoms with Crippen molar-refractivity contribution in [2.75, 3.05) is 18.5 Å². The van der Waals surface area contributed by atoms with Crippen LogP contribution in [0.2, 0.25) is 0 Å². The summed E-state index contributed by atoms with van der Waals surface area (Å²) in [6.07, 6.45) is 0. The molecular formula is C14H12N2O6S2. The van der Waals surface area contributed by atoms with Crippen molar-refractivity contribution >= 4 is 38.9 Å². The van der Waals surface area contributed by atoms with Crippen LogP contribution >= 0.6 is 11.3 Å². The minimum absolute atomic E-state index is 0.0357. The molecule has 1 aromatic heterocycles. The fourth-order valence-corrected chi connectivity index (χ4v) is 3.95. The number of carbonyl (C=O) groups is 2. The second-order valence-electron chi connectivity index (χ2n) is 4.72. The number of benzene rings is 1. The summed E-state index contributed by atoms with van der Waals surface area (Å²) in [5.41, 5.74) is 0.308. The molecule has 0 atom stereocenters. The van der Waals surface area contributed by atoms with Gasteiger partial charge in [0.05, 0.1) is 0 Å². The van der Waals surface area contributed by atoms with Crippen molar-refractivity contribution in [1.82, 2.24) is 4.72 Å². The Morgan fingerprint density at radius 2 is 2.17 bits per heavy atom. The van der Waals surface area contributed by atoms with Crippen molar-refractivity contribution in [3.05, 3.63) is 35.7 Å². The number of hydrogen-bond donors (Lipinski definition) is 2. The van der Waals surface area contributed by atoms with Gasteiger partial charge in [0.25, 0.3) is 21.8 Å². The molecule has 8 nitrogen and oxygen atoms in total. The third-order valence-electron chi connectivity index (χ3n) is 2.98. The smallest absolute Gasteiger partial charge is 0.273 e. The van der Waals surface area contributed by atoms with Crippen molar-refractivity contribution in [1.29, 1.82) is 0 Å². The predicted octanol–water partition coefficient (Wildman–Crippen LogP) is 0.963. The summed E-state index contributed by atoms with van der Waals surface area (Å²) in [5, 5.41) is 4.18. The minimum atomic E-state index is -3.90. The first-order valence-electron chi connectivity index (χ1n) is 6.73. The number of anilines is 1. The van der Waals surface area contributed by atoms with E-state index in [-0.39, 0.29) is 22.5 Å². The Labute approximate surface area is 141 Å². The zero-order valence-corrected chi connectivity index (χ0v) is 13.8. The summed E-state index contributed by atoms with van der Waals surface area (Å²) in [6.45, 7) is -0.632. The van der Waals surface area contributed by atoms with Gasteiger partial charge in [-0.2, -0.15) is 0 Å². The third kappa shape index (κ3) is 3.49. The number of carbonyl (C=O) groups excluding carboxylic acids is 2. The average Bonchev–Trinajstić information content (AvgIpc) is 3.08. The number of amides is 2. The van der Waals surface area contributed by atoms with Crippen LogP contribution in [0.15, 0.2) is 39.9 Å².